The molecule has 0 aliphatic rings. The molecule has 23 heavy (non-hydrogen) atoms. The van der Waals surface area contributed by atoms with E-state index in [4.69, 9.17) is 0 Å². The third-order valence-electron chi connectivity index (χ3n) is 3.51. The highest BCUT2D eigenvalue weighted by molar-refractivity contribution is 7.99. The second-order valence-electron chi connectivity index (χ2n) is 5.10. The van der Waals surface area contributed by atoms with Gasteiger partial charge < -0.3 is 17.7 Å². The minimum atomic E-state index is 0. The van der Waals surface area contributed by atoms with Crippen molar-refractivity contribution in [2.45, 2.75) is 18.1 Å². The Balaban J connectivity index is 0.00000192. The zero-order valence-corrected chi connectivity index (χ0v) is 14.5. The number of benzene rings is 2. The van der Waals surface area contributed by atoms with Gasteiger partial charge in [0.2, 0.25) is 5.16 Å². The van der Waals surface area contributed by atoms with Crippen LogP contribution in [-0.2, 0) is 13.6 Å². The predicted octanol–water partition coefficient (Wildman–Crippen LogP) is -0.361. The molecule has 0 radical (unpaired) electrons. The van der Waals surface area contributed by atoms with Crippen molar-refractivity contribution >= 4 is 22.5 Å². The summed E-state index contributed by atoms with van der Waals surface area (Å²) < 4.78 is 1.70. The zero-order valence-electron chi connectivity index (χ0n) is 12.9. The number of rotatable bonds is 7. The van der Waals surface area contributed by atoms with Crippen LogP contribution in [0.1, 0.15) is 12.0 Å². The summed E-state index contributed by atoms with van der Waals surface area (Å²) in [6.07, 6.45) is 1.09. The number of halogens is 1. The summed E-state index contributed by atoms with van der Waals surface area (Å²) in [4.78, 5) is 0. The van der Waals surface area contributed by atoms with E-state index in [1.165, 1.54) is 16.3 Å². The third-order valence-corrected chi connectivity index (χ3v) is 4.60. The highest BCUT2D eigenvalue weighted by Gasteiger charge is 2.02. The number of fused-ring (bicyclic) bond motifs is 1. The van der Waals surface area contributed by atoms with Gasteiger partial charge in [0.1, 0.15) is 0 Å². The molecule has 3 rings (SSSR count). The van der Waals surface area contributed by atoms with E-state index >= 15 is 0 Å². The second kappa shape index (κ2) is 8.86. The van der Waals surface area contributed by atoms with Crippen molar-refractivity contribution in [2.75, 3.05) is 12.3 Å². The zero-order chi connectivity index (χ0) is 15.2. The Labute approximate surface area is 146 Å². The molecule has 0 aliphatic carbocycles. The minimum absolute atomic E-state index is 0. The molecule has 0 fully saturated rings. The number of hydrogen-bond donors (Lipinski definition) is 1. The van der Waals surface area contributed by atoms with E-state index < -0.39 is 0 Å². The van der Waals surface area contributed by atoms with Crippen LogP contribution in [-0.4, -0.2) is 32.5 Å². The van der Waals surface area contributed by atoms with Gasteiger partial charge in [-0.15, -0.1) is 5.10 Å². The Hall–Kier alpha value is -1.63. The summed E-state index contributed by atoms with van der Waals surface area (Å²) in [5.41, 5.74) is 1.35. The largest absolute Gasteiger partial charge is 1.00 e. The fourth-order valence-electron chi connectivity index (χ4n) is 2.37. The number of aryl methyl sites for hydroxylation is 1. The first-order valence-electron chi connectivity index (χ1n) is 7.37. The number of hydrogen-bond acceptors (Lipinski definition) is 5. The Bertz CT molecular complexity index is 741. The van der Waals surface area contributed by atoms with Crippen LogP contribution in [0, 0.1) is 0 Å². The number of nitrogens with one attached hydrogen (secondary N) is 1. The van der Waals surface area contributed by atoms with Crippen LogP contribution >= 0.6 is 11.8 Å². The van der Waals surface area contributed by atoms with Crippen LogP contribution in [0.25, 0.3) is 10.8 Å². The van der Waals surface area contributed by atoms with Crippen molar-refractivity contribution in [3.05, 3.63) is 48.0 Å². The fourth-order valence-corrected chi connectivity index (χ4v) is 3.16. The van der Waals surface area contributed by atoms with E-state index in [2.05, 4.69) is 63.3 Å². The predicted molar refractivity (Wildman–Crippen MR) is 89.8 cm³/mol. The van der Waals surface area contributed by atoms with Crippen molar-refractivity contribution in [1.82, 2.24) is 25.5 Å². The Morgan fingerprint density at radius 2 is 1.96 bits per heavy atom. The molecule has 1 N–H and O–H groups in total. The lowest BCUT2D eigenvalue weighted by molar-refractivity contribution is -0.00000463. The van der Waals surface area contributed by atoms with E-state index in [1.807, 2.05) is 7.05 Å². The quantitative estimate of drug-likeness (QED) is 0.467. The Morgan fingerprint density at radius 1 is 1.13 bits per heavy atom. The molecule has 7 heteroatoms. The smallest absolute Gasteiger partial charge is 0.209 e. The standard InChI is InChI=1S/C16H19N5S.ClH/c1-21-16(18-19-20-21)22-11-5-10-17-12-14-8-4-7-13-6-2-3-9-15(13)14;/h2-4,6-9,17H,5,10-12H2,1H3;1H/p-1. The highest BCUT2D eigenvalue weighted by Crippen LogP contribution is 2.18. The first-order chi connectivity index (χ1) is 10.8. The summed E-state index contributed by atoms with van der Waals surface area (Å²) in [5, 5.41) is 18.4. The van der Waals surface area contributed by atoms with Gasteiger partial charge >= 0.3 is 0 Å². The maximum atomic E-state index is 3.96. The number of thioether (sulfide) groups is 1. The van der Waals surface area contributed by atoms with Crippen LogP contribution < -0.4 is 17.7 Å². The summed E-state index contributed by atoms with van der Waals surface area (Å²) in [6, 6.07) is 15.0. The van der Waals surface area contributed by atoms with Crippen molar-refractivity contribution < 1.29 is 12.4 Å². The molecule has 0 atom stereocenters. The molecule has 0 amide bonds. The molecule has 5 nitrogen and oxygen atoms in total. The maximum absolute atomic E-state index is 3.96. The van der Waals surface area contributed by atoms with E-state index in [0.29, 0.717) is 0 Å². The van der Waals surface area contributed by atoms with Crippen molar-refractivity contribution in [2.24, 2.45) is 7.05 Å². The normalized spacial score (nSPS) is 10.7. The number of tetrazole rings is 1. The molecular formula is C16H19ClN5S-. The number of nitrogens with zero attached hydrogens (tertiary/aromatic N) is 4. The summed E-state index contributed by atoms with van der Waals surface area (Å²) in [5.74, 6) is 1.01. The monoisotopic (exact) mass is 348 g/mol. The van der Waals surface area contributed by atoms with Crippen LogP contribution in [0.4, 0.5) is 0 Å². The molecule has 2 aromatic carbocycles. The lowest BCUT2D eigenvalue weighted by Gasteiger charge is -2.08. The highest BCUT2D eigenvalue weighted by atomic mass is 35.5. The van der Waals surface area contributed by atoms with Gasteiger partial charge in [0.15, 0.2) is 0 Å². The first-order valence-corrected chi connectivity index (χ1v) is 8.35. The molecule has 0 spiro atoms. The Morgan fingerprint density at radius 3 is 2.78 bits per heavy atom. The third kappa shape index (κ3) is 4.67. The van der Waals surface area contributed by atoms with Crippen LogP contribution in [0.15, 0.2) is 47.6 Å². The van der Waals surface area contributed by atoms with Crippen LogP contribution in [0.3, 0.4) is 0 Å². The van der Waals surface area contributed by atoms with Gasteiger partial charge in [-0.2, -0.15) is 0 Å². The SMILES string of the molecule is Cn1nnnc1SCCCNCc1cccc2ccccc12.[Cl-]. The molecule has 0 aliphatic heterocycles. The van der Waals surface area contributed by atoms with E-state index in [-0.39, 0.29) is 12.4 Å². The van der Waals surface area contributed by atoms with Gasteiger partial charge in [-0.25, -0.2) is 4.68 Å². The van der Waals surface area contributed by atoms with Crippen LogP contribution in [0.2, 0.25) is 0 Å². The van der Waals surface area contributed by atoms with E-state index in [0.717, 1.165) is 30.4 Å². The molecular weight excluding hydrogens is 330 g/mol. The molecule has 0 saturated heterocycles. The maximum Gasteiger partial charge on any atom is 0.209 e. The van der Waals surface area contributed by atoms with Crippen molar-refractivity contribution in [3.63, 3.8) is 0 Å². The molecule has 0 unspecified atom stereocenters. The van der Waals surface area contributed by atoms with Gasteiger partial charge in [-0.1, -0.05) is 54.2 Å². The summed E-state index contributed by atoms with van der Waals surface area (Å²) in [7, 11) is 1.86. The molecule has 0 bridgehead atoms. The molecule has 1 aromatic heterocycles. The van der Waals surface area contributed by atoms with E-state index in [1.54, 1.807) is 16.4 Å². The first kappa shape index (κ1) is 17.7. The van der Waals surface area contributed by atoms with Gasteiger partial charge in [0.05, 0.1) is 0 Å². The minimum Gasteiger partial charge on any atom is -1.00 e. The molecule has 122 valence electrons. The van der Waals surface area contributed by atoms with Crippen LogP contribution in [0.5, 0.6) is 0 Å². The summed E-state index contributed by atoms with van der Waals surface area (Å²) >= 11 is 1.69. The fraction of sp³-hybridized carbons (Fsp3) is 0.312. The van der Waals surface area contributed by atoms with Gasteiger partial charge in [0.25, 0.3) is 0 Å². The van der Waals surface area contributed by atoms with Crippen molar-refractivity contribution in [1.29, 1.82) is 0 Å². The average Bonchev–Trinajstić information content (AvgIpc) is 2.96. The molecule has 0 saturated carbocycles. The van der Waals surface area contributed by atoms with Gasteiger partial charge in [-0.05, 0) is 39.7 Å². The van der Waals surface area contributed by atoms with Gasteiger partial charge in [0, 0.05) is 19.3 Å². The summed E-state index contributed by atoms with van der Waals surface area (Å²) in [6.45, 7) is 1.89. The Kier molecular flexibility index (Phi) is 6.83. The topological polar surface area (TPSA) is 55.6 Å². The lowest BCUT2D eigenvalue weighted by Crippen LogP contribution is -3.00. The average molecular weight is 349 g/mol. The van der Waals surface area contributed by atoms with E-state index in [9.17, 15) is 0 Å². The van der Waals surface area contributed by atoms with Crippen molar-refractivity contribution in [3.8, 4) is 0 Å². The molecule has 3 aromatic rings. The number of aromatic nitrogens is 4. The second-order valence-corrected chi connectivity index (χ2v) is 6.16. The van der Waals surface area contributed by atoms with Gasteiger partial charge in [-0.3, -0.25) is 0 Å². The molecule has 1 heterocycles. The lowest BCUT2D eigenvalue weighted by atomic mass is 10.0.